The monoisotopic (exact) mass is 415 g/mol. The maximum atomic E-state index is 12.9. The number of rotatable bonds is 4. The summed E-state index contributed by atoms with van der Waals surface area (Å²) in [4.78, 5) is 29.7. The quantitative estimate of drug-likeness (QED) is 0.485. The van der Waals surface area contributed by atoms with E-state index in [1.807, 2.05) is 55.5 Å². The summed E-state index contributed by atoms with van der Waals surface area (Å²) in [6.45, 7) is 1.92. The highest BCUT2D eigenvalue weighted by atomic mass is 32.1. The van der Waals surface area contributed by atoms with E-state index in [-0.39, 0.29) is 18.0 Å². The van der Waals surface area contributed by atoms with Crippen molar-refractivity contribution in [2.24, 2.45) is 0 Å². The summed E-state index contributed by atoms with van der Waals surface area (Å²) < 4.78 is 3.91. The van der Waals surface area contributed by atoms with Crippen LogP contribution in [0.25, 0.3) is 27.0 Å². The van der Waals surface area contributed by atoms with Crippen molar-refractivity contribution in [1.29, 1.82) is 0 Å². The van der Waals surface area contributed by atoms with Gasteiger partial charge in [0.15, 0.2) is 5.13 Å². The zero-order chi connectivity index (χ0) is 20.7. The van der Waals surface area contributed by atoms with E-state index < -0.39 is 0 Å². The van der Waals surface area contributed by atoms with Crippen molar-refractivity contribution in [3.05, 3.63) is 82.9 Å². The smallest absolute Gasteiger partial charge is 0.277 e. The Labute approximate surface area is 175 Å². The van der Waals surface area contributed by atoms with Gasteiger partial charge in [-0.05, 0) is 25.1 Å². The molecule has 0 fully saturated rings. The second-order valence-electron chi connectivity index (χ2n) is 6.99. The second-order valence-corrected chi connectivity index (χ2v) is 8.02. The first-order valence-electron chi connectivity index (χ1n) is 9.38. The van der Waals surface area contributed by atoms with Gasteiger partial charge in [0.25, 0.3) is 5.56 Å². The Hall–Kier alpha value is -3.78. The number of nitrogens with zero attached hydrogens (tertiary/aromatic N) is 4. The lowest BCUT2D eigenvalue weighted by atomic mass is 10.1. The maximum absolute atomic E-state index is 12.9. The van der Waals surface area contributed by atoms with Crippen LogP contribution in [0.2, 0.25) is 0 Å². The molecule has 148 valence electrons. The lowest BCUT2D eigenvalue weighted by molar-refractivity contribution is -0.116. The number of amides is 1. The van der Waals surface area contributed by atoms with Gasteiger partial charge in [0.05, 0.1) is 15.9 Å². The topological polar surface area (TPSA) is 81.3 Å². The number of hydrogen-bond donors (Lipinski definition) is 1. The molecule has 7 nitrogen and oxygen atoms in total. The number of carbonyl (C=O) groups excluding carboxylic acids is 1. The number of fused-ring (bicyclic) bond motifs is 2. The van der Waals surface area contributed by atoms with Crippen LogP contribution in [0.3, 0.4) is 0 Å². The summed E-state index contributed by atoms with van der Waals surface area (Å²) in [5.74, 6) is -0.307. The highest BCUT2D eigenvalue weighted by Crippen LogP contribution is 2.25. The zero-order valence-corrected chi connectivity index (χ0v) is 16.9. The number of benzene rings is 2. The molecule has 3 aromatic heterocycles. The summed E-state index contributed by atoms with van der Waals surface area (Å²) in [5, 5.41) is 7.77. The van der Waals surface area contributed by atoms with Crippen LogP contribution >= 0.6 is 11.3 Å². The molecule has 8 heteroatoms. The normalized spacial score (nSPS) is 11.2. The van der Waals surface area contributed by atoms with Crippen molar-refractivity contribution in [1.82, 2.24) is 19.2 Å². The third-order valence-corrected chi connectivity index (χ3v) is 5.76. The summed E-state index contributed by atoms with van der Waals surface area (Å²) >= 11 is 1.40. The SMILES string of the molecule is Cc1ccc(-c2cc3c(=O)n(CC(=O)Nc4nc5ccccc5s4)ccn3n2)cc1. The maximum Gasteiger partial charge on any atom is 0.277 e. The van der Waals surface area contributed by atoms with Crippen LogP contribution < -0.4 is 10.9 Å². The van der Waals surface area contributed by atoms with Gasteiger partial charge < -0.3 is 9.88 Å². The average Bonchev–Trinajstić information content (AvgIpc) is 3.34. The lowest BCUT2D eigenvalue weighted by Gasteiger charge is -2.05. The van der Waals surface area contributed by atoms with Gasteiger partial charge in [-0.25, -0.2) is 9.50 Å². The first kappa shape index (κ1) is 18.3. The third kappa shape index (κ3) is 3.37. The van der Waals surface area contributed by atoms with Crippen LogP contribution in [0.15, 0.2) is 71.8 Å². The molecule has 3 heterocycles. The number of carbonyl (C=O) groups is 1. The molecule has 0 aliphatic carbocycles. The highest BCUT2D eigenvalue weighted by molar-refractivity contribution is 7.22. The molecular weight excluding hydrogens is 398 g/mol. The predicted molar refractivity (Wildman–Crippen MR) is 118 cm³/mol. The Bertz CT molecular complexity index is 1410. The number of hydrogen-bond acceptors (Lipinski definition) is 5. The number of aryl methyl sites for hydroxylation is 1. The zero-order valence-electron chi connectivity index (χ0n) is 16.1. The van der Waals surface area contributed by atoms with Crippen molar-refractivity contribution in [3.63, 3.8) is 0 Å². The van der Waals surface area contributed by atoms with E-state index in [0.717, 1.165) is 21.3 Å². The van der Waals surface area contributed by atoms with Gasteiger partial charge in [-0.2, -0.15) is 5.10 Å². The number of aromatic nitrogens is 4. The fraction of sp³-hybridized carbons (Fsp3) is 0.0909. The number of anilines is 1. The van der Waals surface area contributed by atoms with E-state index >= 15 is 0 Å². The molecule has 0 bridgehead atoms. The molecule has 0 radical (unpaired) electrons. The van der Waals surface area contributed by atoms with Crippen molar-refractivity contribution < 1.29 is 4.79 Å². The molecule has 2 aromatic carbocycles. The van der Waals surface area contributed by atoms with Gasteiger partial charge in [-0.1, -0.05) is 53.3 Å². The molecule has 1 amide bonds. The van der Waals surface area contributed by atoms with Crippen molar-refractivity contribution in [2.75, 3.05) is 5.32 Å². The number of nitrogens with one attached hydrogen (secondary N) is 1. The fourth-order valence-corrected chi connectivity index (χ4v) is 4.14. The van der Waals surface area contributed by atoms with Crippen molar-refractivity contribution >= 4 is 38.1 Å². The standard InChI is InChI=1S/C22H17N5O2S/c1-14-6-8-15(9-7-14)17-12-18-21(29)26(10-11-27(18)25-17)13-20(28)24-22-23-16-4-2-3-5-19(16)30-22/h2-12H,13H2,1H3,(H,23,24,28). The van der Waals surface area contributed by atoms with Gasteiger partial charge in [0.1, 0.15) is 12.1 Å². The van der Waals surface area contributed by atoms with Crippen LogP contribution in [-0.4, -0.2) is 25.1 Å². The molecule has 5 aromatic rings. The van der Waals surface area contributed by atoms with Crippen LogP contribution in [0.5, 0.6) is 0 Å². The van der Waals surface area contributed by atoms with E-state index in [2.05, 4.69) is 15.4 Å². The summed E-state index contributed by atoms with van der Waals surface area (Å²) in [5.41, 5.74) is 3.78. The molecule has 0 aliphatic heterocycles. The summed E-state index contributed by atoms with van der Waals surface area (Å²) in [6, 6.07) is 17.4. The van der Waals surface area contributed by atoms with E-state index in [9.17, 15) is 9.59 Å². The fourth-order valence-electron chi connectivity index (χ4n) is 3.26. The average molecular weight is 415 g/mol. The Morgan fingerprint density at radius 3 is 2.70 bits per heavy atom. The van der Waals surface area contributed by atoms with Crippen molar-refractivity contribution in [3.8, 4) is 11.3 Å². The van der Waals surface area contributed by atoms with Gasteiger partial charge in [-0.3, -0.25) is 9.59 Å². The van der Waals surface area contributed by atoms with Gasteiger partial charge in [0, 0.05) is 18.0 Å². The van der Waals surface area contributed by atoms with Crippen LogP contribution in [0.1, 0.15) is 5.56 Å². The molecular formula is C22H17N5O2S. The van der Waals surface area contributed by atoms with Gasteiger partial charge >= 0.3 is 0 Å². The predicted octanol–water partition coefficient (Wildman–Crippen LogP) is 3.72. The largest absolute Gasteiger partial charge is 0.303 e. The second kappa shape index (κ2) is 7.23. The highest BCUT2D eigenvalue weighted by Gasteiger charge is 2.13. The lowest BCUT2D eigenvalue weighted by Crippen LogP contribution is -2.28. The first-order chi connectivity index (χ1) is 14.6. The third-order valence-electron chi connectivity index (χ3n) is 4.81. The Kier molecular flexibility index (Phi) is 4.40. The molecule has 1 N–H and O–H groups in total. The van der Waals surface area contributed by atoms with Gasteiger partial charge in [0.2, 0.25) is 5.91 Å². The molecule has 0 aliphatic rings. The minimum absolute atomic E-state index is 0.101. The number of para-hydroxylation sites is 1. The van der Waals surface area contributed by atoms with E-state index in [1.54, 1.807) is 23.0 Å². The minimum Gasteiger partial charge on any atom is -0.303 e. The Balaban J connectivity index is 1.40. The van der Waals surface area contributed by atoms with E-state index in [0.29, 0.717) is 16.3 Å². The van der Waals surface area contributed by atoms with Gasteiger partial charge in [-0.15, -0.1) is 0 Å². The molecule has 5 rings (SSSR count). The van der Waals surface area contributed by atoms with Crippen molar-refractivity contribution in [2.45, 2.75) is 13.5 Å². The molecule has 0 saturated carbocycles. The summed E-state index contributed by atoms with van der Waals surface area (Å²) in [6.07, 6.45) is 3.25. The van der Waals surface area contributed by atoms with Crippen LogP contribution in [0, 0.1) is 6.92 Å². The molecule has 30 heavy (non-hydrogen) atoms. The first-order valence-corrected chi connectivity index (χ1v) is 10.2. The van der Waals surface area contributed by atoms with Crippen LogP contribution in [0.4, 0.5) is 5.13 Å². The molecule has 0 saturated heterocycles. The minimum atomic E-state index is -0.307. The molecule has 0 unspecified atom stereocenters. The Morgan fingerprint density at radius 2 is 1.90 bits per heavy atom. The number of thiazole rings is 1. The Morgan fingerprint density at radius 1 is 1.10 bits per heavy atom. The molecule has 0 atom stereocenters. The van der Waals surface area contributed by atoms with E-state index in [4.69, 9.17) is 0 Å². The molecule has 0 spiro atoms. The van der Waals surface area contributed by atoms with E-state index in [1.165, 1.54) is 15.9 Å². The summed E-state index contributed by atoms with van der Waals surface area (Å²) in [7, 11) is 0. The van der Waals surface area contributed by atoms with Crippen LogP contribution in [-0.2, 0) is 11.3 Å².